The van der Waals surface area contributed by atoms with E-state index in [1.165, 1.54) is 73.6 Å². The highest BCUT2D eigenvalue weighted by Crippen LogP contribution is 2.44. The molecule has 4 nitrogen and oxygen atoms in total. The van der Waals surface area contributed by atoms with Gasteiger partial charge >= 0.3 is 0 Å². The van der Waals surface area contributed by atoms with E-state index in [9.17, 15) is 0 Å². The minimum atomic E-state index is 0.391. The van der Waals surface area contributed by atoms with Crippen LogP contribution in [-0.2, 0) is 6.42 Å². The molecule has 1 fully saturated rings. The summed E-state index contributed by atoms with van der Waals surface area (Å²) in [5.74, 6) is 1.18. The van der Waals surface area contributed by atoms with E-state index < -0.39 is 0 Å². The van der Waals surface area contributed by atoms with Gasteiger partial charge < -0.3 is 9.88 Å². The smallest absolute Gasteiger partial charge is 0.167 e. The number of H-pyrrole nitrogens is 1. The predicted octanol–water partition coefficient (Wildman–Crippen LogP) is 5.71. The maximum atomic E-state index is 4.82. The molecule has 1 aliphatic heterocycles. The maximum absolute atomic E-state index is 4.82. The van der Waals surface area contributed by atoms with Crippen molar-refractivity contribution < 1.29 is 0 Å². The number of pyridine rings is 1. The zero-order valence-electron chi connectivity index (χ0n) is 16.8. The second kappa shape index (κ2) is 9.11. The Hall–Kier alpha value is -1.50. The Balaban J connectivity index is 1.28. The Morgan fingerprint density at radius 3 is 2.86 bits per heavy atom. The topological polar surface area (TPSA) is 44.8 Å². The van der Waals surface area contributed by atoms with Crippen LogP contribution in [0.5, 0.6) is 0 Å². The molecular weight excluding hydrogens is 396 g/mol. The van der Waals surface area contributed by atoms with Crippen LogP contribution in [0, 0.1) is 0 Å². The first kappa shape index (κ1) is 19.5. The number of thioether (sulfide) groups is 2. The van der Waals surface area contributed by atoms with Crippen molar-refractivity contribution in [2.45, 2.75) is 53.8 Å². The zero-order chi connectivity index (χ0) is 19.5. The quantitative estimate of drug-likeness (QED) is 0.514. The van der Waals surface area contributed by atoms with Crippen molar-refractivity contribution in [3.8, 4) is 0 Å². The number of benzene rings is 1. The second-order valence-corrected chi connectivity index (χ2v) is 10.3. The fourth-order valence-electron chi connectivity index (χ4n) is 4.46. The van der Waals surface area contributed by atoms with Gasteiger partial charge in [-0.25, -0.2) is 4.98 Å². The van der Waals surface area contributed by atoms with Gasteiger partial charge in [0.05, 0.1) is 22.0 Å². The Labute approximate surface area is 181 Å². The number of likely N-dealkylation sites (tertiary alicyclic amines) is 1. The number of rotatable bonds is 6. The molecule has 3 heterocycles. The SMILES string of the molecule is c1ccc2[nH]c(SC3CCCc4c(SCCN5CCCCC5)ccnc43)nc2c1. The molecule has 0 radical (unpaired) electrons. The number of hydrogen-bond donors (Lipinski definition) is 1. The van der Waals surface area contributed by atoms with Crippen LogP contribution in [0.25, 0.3) is 11.0 Å². The molecule has 1 unspecified atom stereocenters. The van der Waals surface area contributed by atoms with Crippen molar-refractivity contribution in [3.63, 3.8) is 0 Å². The molecule has 1 N–H and O–H groups in total. The van der Waals surface area contributed by atoms with Gasteiger partial charge in [0.25, 0.3) is 0 Å². The summed E-state index contributed by atoms with van der Waals surface area (Å²) < 4.78 is 0. The molecule has 0 spiro atoms. The van der Waals surface area contributed by atoms with Crippen molar-refractivity contribution in [1.82, 2.24) is 19.9 Å². The zero-order valence-corrected chi connectivity index (χ0v) is 18.4. The van der Waals surface area contributed by atoms with Crippen molar-refractivity contribution in [2.24, 2.45) is 0 Å². The minimum Gasteiger partial charge on any atom is -0.333 e. The number of hydrogen-bond acceptors (Lipinski definition) is 5. The molecular formula is C23H28N4S2. The average Bonchev–Trinajstić information content (AvgIpc) is 3.17. The third-order valence-electron chi connectivity index (χ3n) is 5.98. The summed E-state index contributed by atoms with van der Waals surface area (Å²) in [6.07, 6.45) is 9.73. The van der Waals surface area contributed by atoms with Crippen LogP contribution < -0.4 is 0 Å². The molecule has 0 bridgehead atoms. The van der Waals surface area contributed by atoms with Crippen LogP contribution in [0.1, 0.15) is 48.6 Å². The number of imidazole rings is 1. The van der Waals surface area contributed by atoms with Gasteiger partial charge in [0.1, 0.15) is 0 Å². The largest absolute Gasteiger partial charge is 0.333 e. The number of piperidine rings is 1. The Bertz CT molecular complexity index is 931. The third-order valence-corrected chi connectivity index (χ3v) is 8.22. The summed E-state index contributed by atoms with van der Waals surface area (Å²) in [5, 5.41) is 1.40. The lowest BCUT2D eigenvalue weighted by molar-refractivity contribution is 0.242. The standard InChI is InChI=1S/C23H28N4S2/c1-4-13-27(14-5-1)15-16-28-20-11-12-24-22-17(20)7-6-10-21(22)29-23-25-18-8-2-3-9-19(18)26-23/h2-3,8-9,11-12,21H,1,4-7,10,13-16H2,(H,25,26). The van der Waals surface area contributed by atoms with Crippen molar-refractivity contribution in [2.75, 3.05) is 25.4 Å². The van der Waals surface area contributed by atoms with E-state index in [1.807, 2.05) is 35.8 Å². The highest BCUT2D eigenvalue weighted by molar-refractivity contribution is 7.99. The fourth-order valence-corrected chi connectivity index (χ4v) is 6.75. The first-order valence-electron chi connectivity index (χ1n) is 10.8. The molecule has 1 saturated heterocycles. The van der Waals surface area contributed by atoms with E-state index in [4.69, 9.17) is 9.97 Å². The van der Waals surface area contributed by atoms with Crippen molar-refractivity contribution in [3.05, 3.63) is 47.8 Å². The van der Waals surface area contributed by atoms with Gasteiger partial charge in [-0.3, -0.25) is 4.98 Å². The number of aromatic nitrogens is 3. The van der Waals surface area contributed by atoms with Crippen LogP contribution >= 0.6 is 23.5 Å². The first-order chi connectivity index (χ1) is 14.4. The Morgan fingerprint density at radius 1 is 1.07 bits per heavy atom. The summed E-state index contributed by atoms with van der Waals surface area (Å²) in [5.41, 5.74) is 4.92. The van der Waals surface area contributed by atoms with Crippen LogP contribution in [0.3, 0.4) is 0 Å². The summed E-state index contributed by atoms with van der Waals surface area (Å²) in [6, 6.07) is 10.5. The molecule has 5 rings (SSSR count). The maximum Gasteiger partial charge on any atom is 0.167 e. The number of nitrogens with one attached hydrogen (secondary N) is 1. The summed E-state index contributed by atoms with van der Waals surface area (Å²) in [4.78, 5) is 17.1. The molecule has 6 heteroatoms. The monoisotopic (exact) mass is 424 g/mol. The van der Waals surface area contributed by atoms with E-state index in [0.717, 1.165) is 22.6 Å². The van der Waals surface area contributed by atoms with Crippen LogP contribution in [0.15, 0.2) is 46.6 Å². The third kappa shape index (κ3) is 4.49. The molecule has 152 valence electrons. The second-order valence-electron chi connectivity index (χ2n) is 7.98. The molecule has 2 aromatic heterocycles. The molecule has 0 amide bonds. The normalized spacial score (nSPS) is 20.1. The molecule has 1 aliphatic carbocycles. The molecule has 0 saturated carbocycles. The van der Waals surface area contributed by atoms with Crippen LogP contribution in [-0.4, -0.2) is 45.2 Å². The molecule has 3 aromatic rings. The fraction of sp³-hybridized carbons (Fsp3) is 0.478. The average molecular weight is 425 g/mol. The Morgan fingerprint density at radius 2 is 1.97 bits per heavy atom. The lowest BCUT2D eigenvalue weighted by Crippen LogP contribution is -2.31. The van der Waals surface area contributed by atoms with E-state index in [2.05, 4.69) is 34.1 Å². The van der Waals surface area contributed by atoms with Crippen molar-refractivity contribution in [1.29, 1.82) is 0 Å². The molecule has 2 aliphatic rings. The van der Waals surface area contributed by atoms with E-state index >= 15 is 0 Å². The summed E-state index contributed by atoms with van der Waals surface area (Å²) in [6.45, 7) is 3.77. The number of fused-ring (bicyclic) bond motifs is 2. The van der Waals surface area contributed by atoms with Crippen LogP contribution in [0.2, 0.25) is 0 Å². The first-order valence-corrected chi connectivity index (χ1v) is 12.7. The van der Waals surface area contributed by atoms with Gasteiger partial charge in [0.2, 0.25) is 0 Å². The molecule has 1 aromatic carbocycles. The number of nitrogens with zero attached hydrogens (tertiary/aromatic N) is 3. The lowest BCUT2D eigenvalue weighted by Gasteiger charge is -2.27. The van der Waals surface area contributed by atoms with E-state index in [-0.39, 0.29) is 0 Å². The van der Waals surface area contributed by atoms with Gasteiger partial charge in [-0.05, 0) is 69.0 Å². The van der Waals surface area contributed by atoms with E-state index in [1.54, 1.807) is 0 Å². The number of para-hydroxylation sites is 2. The van der Waals surface area contributed by atoms with E-state index in [0.29, 0.717) is 5.25 Å². The summed E-state index contributed by atoms with van der Waals surface area (Å²) >= 11 is 3.87. The highest BCUT2D eigenvalue weighted by atomic mass is 32.2. The molecule has 1 atom stereocenters. The van der Waals surface area contributed by atoms with Crippen LogP contribution in [0.4, 0.5) is 0 Å². The minimum absolute atomic E-state index is 0.391. The van der Waals surface area contributed by atoms with Crippen molar-refractivity contribution >= 4 is 34.6 Å². The van der Waals surface area contributed by atoms with Gasteiger partial charge in [0.15, 0.2) is 5.16 Å². The van der Waals surface area contributed by atoms with Gasteiger partial charge in [-0.15, -0.1) is 11.8 Å². The number of aromatic amines is 1. The molecule has 29 heavy (non-hydrogen) atoms. The van der Waals surface area contributed by atoms with Gasteiger partial charge in [-0.2, -0.15) is 0 Å². The Kier molecular flexibility index (Phi) is 6.11. The summed E-state index contributed by atoms with van der Waals surface area (Å²) in [7, 11) is 0. The van der Waals surface area contributed by atoms with Gasteiger partial charge in [-0.1, -0.05) is 30.3 Å². The lowest BCUT2D eigenvalue weighted by atomic mass is 9.96. The van der Waals surface area contributed by atoms with Gasteiger partial charge in [0, 0.05) is 23.4 Å². The predicted molar refractivity (Wildman–Crippen MR) is 123 cm³/mol. The highest BCUT2D eigenvalue weighted by Gasteiger charge is 2.26.